The Balaban J connectivity index is 1.42. The first kappa shape index (κ1) is 23.0. The molecule has 3 aromatic heterocycles. The molecule has 0 atom stereocenters. The lowest BCUT2D eigenvalue weighted by Crippen LogP contribution is -2.04. The highest BCUT2D eigenvalue weighted by Crippen LogP contribution is 2.41. The number of rotatable bonds is 3. The van der Waals surface area contributed by atoms with E-state index >= 15 is 0 Å². The van der Waals surface area contributed by atoms with Crippen LogP contribution in [0.5, 0.6) is 0 Å². The zero-order valence-corrected chi connectivity index (χ0v) is 22.5. The SMILES string of the molecule is c1ccc(-c2cc(-c3ccccc3)nc(-n3c4ccccc4c4ccc5c(ccc6c7ccccc7oc65)c43)n2)cc1. The van der Waals surface area contributed by atoms with Gasteiger partial charge in [-0.2, -0.15) is 0 Å². The molecule has 9 aromatic rings. The van der Waals surface area contributed by atoms with E-state index in [-0.39, 0.29) is 0 Å². The second kappa shape index (κ2) is 8.88. The Morgan fingerprint density at radius 1 is 0.452 bits per heavy atom. The summed E-state index contributed by atoms with van der Waals surface area (Å²) in [5.41, 5.74) is 7.79. The minimum atomic E-state index is 0.638. The van der Waals surface area contributed by atoms with Crippen LogP contribution in [0.1, 0.15) is 0 Å². The zero-order valence-electron chi connectivity index (χ0n) is 22.5. The summed E-state index contributed by atoms with van der Waals surface area (Å²) in [4.78, 5) is 10.4. The molecular formula is C38H23N3O. The molecule has 0 unspecified atom stereocenters. The molecule has 0 aliphatic carbocycles. The average Bonchev–Trinajstić information content (AvgIpc) is 3.62. The van der Waals surface area contributed by atoms with Gasteiger partial charge in [0.15, 0.2) is 0 Å². The van der Waals surface area contributed by atoms with E-state index in [1.54, 1.807) is 0 Å². The lowest BCUT2D eigenvalue weighted by molar-refractivity contribution is 0.672. The lowest BCUT2D eigenvalue weighted by Gasteiger charge is -2.12. The van der Waals surface area contributed by atoms with E-state index in [4.69, 9.17) is 14.4 Å². The van der Waals surface area contributed by atoms with Gasteiger partial charge in [-0.3, -0.25) is 4.57 Å². The maximum absolute atomic E-state index is 6.45. The highest BCUT2D eigenvalue weighted by Gasteiger charge is 2.20. The van der Waals surface area contributed by atoms with Crippen LogP contribution in [-0.4, -0.2) is 14.5 Å². The summed E-state index contributed by atoms with van der Waals surface area (Å²) in [5, 5.41) is 6.74. The normalized spacial score (nSPS) is 11.8. The van der Waals surface area contributed by atoms with Crippen LogP contribution in [0.2, 0.25) is 0 Å². The van der Waals surface area contributed by atoms with E-state index in [9.17, 15) is 0 Å². The highest BCUT2D eigenvalue weighted by molar-refractivity contribution is 6.24. The monoisotopic (exact) mass is 537 g/mol. The first-order valence-corrected chi connectivity index (χ1v) is 14.1. The predicted octanol–water partition coefficient (Wildman–Crippen LogP) is 9.96. The van der Waals surface area contributed by atoms with Crippen LogP contribution < -0.4 is 0 Å². The van der Waals surface area contributed by atoms with Crippen LogP contribution in [0.15, 0.2) is 144 Å². The molecule has 3 heterocycles. The molecule has 0 saturated carbocycles. The van der Waals surface area contributed by atoms with Gasteiger partial charge in [0.2, 0.25) is 5.95 Å². The quantitative estimate of drug-likeness (QED) is 0.225. The molecule has 0 N–H and O–H groups in total. The van der Waals surface area contributed by atoms with Crippen LogP contribution in [0.25, 0.3) is 83.0 Å². The van der Waals surface area contributed by atoms with Gasteiger partial charge in [0.1, 0.15) is 11.2 Å². The van der Waals surface area contributed by atoms with E-state index in [1.165, 1.54) is 0 Å². The second-order valence-corrected chi connectivity index (χ2v) is 10.6. The van der Waals surface area contributed by atoms with Crippen molar-refractivity contribution >= 4 is 54.5 Å². The Morgan fingerprint density at radius 3 is 1.67 bits per heavy atom. The van der Waals surface area contributed by atoms with Crippen molar-refractivity contribution in [3.63, 3.8) is 0 Å². The smallest absolute Gasteiger partial charge is 0.235 e. The van der Waals surface area contributed by atoms with Crippen molar-refractivity contribution in [1.82, 2.24) is 14.5 Å². The summed E-state index contributed by atoms with van der Waals surface area (Å²) >= 11 is 0. The molecule has 0 fully saturated rings. The Kier molecular flexibility index (Phi) is 4.87. The Hall–Kier alpha value is -5.74. The Morgan fingerprint density at radius 2 is 0.976 bits per heavy atom. The van der Waals surface area contributed by atoms with Crippen molar-refractivity contribution in [1.29, 1.82) is 0 Å². The molecule has 4 nitrogen and oxygen atoms in total. The van der Waals surface area contributed by atoms with Crippen LogP contribution in [0, 0.1) is 0 Å². The molecule has 42 heavy (non-hydrogen) atoms. The van der Waals surface area contributed by atoms with Gasteiger partial charge >= 0.3 is 0 Å². The largest absolute Gasteiger partial charge is 0.455 e. The number of fused-ring (bicyclic) bond motifs is 9. The third-order valence-electron chi connectivity index (χ3n) is 8.22. The van der Waals surface area contributed by atoms with Gasteiger partial charge < -0.3 is 4.42 Å². The van der Waals surface area contributed by atoms with Crippen molar-refractivity contribution in [2.75, 3.05) is 0 Å². The number of aromatic nitrogens is 3. The maximum atomic E-state index is 6.45. The number of para-hydroxylation sites is 2. The van der Waals surface area contributed by atoms with Gasteiger partial charge in [-0.15, -0.1) is 0 Å². The van der Waals surface area contributed by atoms with Crippen molar-refractivity contribution in [2.24, 2.45) is 0 Å². The van der Waals surface area contributed by atoms with Crippen molar-refractivity contribution in [2.45, 2.75) is 0 Å². The average molecular weight is 538 g/mol. The maximum Gasteiger partial charge on any atom is 0.235 e. The Labute approximate surface area is 241 Å². The van der Waals surface area contributed by atoms with Gasteiger partial charge in [0, 0.05) is 43.4 Å². The third kappa shape index (κ3) is 3.36. The zero-order chi connectivity index (χ0) is 27.6. The fourth-order valence-electron chi connectivity index (χ4n) is 6.30. The minimum Gasteiger partial charge on any atom is -0.455 e. The van der Waals surface area contributed by atoms with Gasteiger partial charge in [0.05, 0.1) is 22.4 Å². The molecular weight excluding hydrogens is 514 g/mol. The van der Waals surface area contributed by atoms with E-state index in [1.807, 2.05) is 48.5 Å². The molecule has 0 radical (unpaired) electrons. The Bertz CT molecular complexity index is 2400. The standard InChI is InChI=1S/C38H23N3O/c1-3-11-24(12-4-1)32-23-33(25-13-5-2-6-14-25)40-38(39-32)41-34-17-9-7-15-26(34)28-19-22-31-29(36(28)41)20-21-30-27-16-8-10-18-35(27)42-37(30)31/h1-23H. The molecule has 0 aliphatic heterocycles. The van der Waals surface area contributed by atoms with E-state index < -0.39 is 0 Å². The number of hydrogen-bond donors (Lipinski definition) is 0. The fraction of sp³-hybridized carbons (Fsp3) is 0. The minimum absolute atomic E-state index is 0.638. The van der Waals surface area contributed by atoms with Gasteiger partial charge in [-0.05, 0) is 30.3 Å². The fourth-order valence-corrected chi connectivity index (χ4v) is 6.30. The topological polar surface area (TPSA) is 43.9 Å². The van der Waals surface area contributed by atoms with Crippen molar-refractivity contribution in [3.8, 4) is 28.5 Å². The molecule has 6 aromatic carbocycles. The van der Waals surface area contributed by atoms with Crippen LogP contribution in [0.3, 0.4) is 0 Å². The summed E-state index contributed by atoms with van der Waals surface area (Å²) in [5.74, 6) is 0.638. The second-order valence-electron chi connectivity index (χ2n) is 10.6. The summed E-state index contributed by atoms with van der Waals surface area (Å²) in [6, 6.07) is 48.3. The first-order chi connectivity index (χ1) is 20.8. The molecule has 0 amide bonds. The van der Waals surface area contributed by atoms with Crippen molar-refractivity contribution in [3.05, 3.63) is 140 Å². The van der Waals surface area contributed by atoms with Gasteiger partial charge in [0.25, 0.3) is 0 Å². The molecule has 0 bridgehead atoms. The number of benzene rings is 6. The first-order valence-electron chi connectivity index (χ1n) is 14.1. The van der Waals surface area contributed by atoms with Gasteiger partial charge in [-0.25, -0.2) is 9.97 Å². The van der Waals surface area contributed by atoms with Crippen molar-refractivity contribution < 1.29 is 4.42 Å². The van der Waals surface area contributed by atoms with Crippen LogP contribution in [0.4, 0.5) is 0 Å². The van der Waals surface area contributed by atoms with E-state index in [0.29, 0.717) is 5.95 Å². The van der Waals surface area contributed by atoms with E-state index in [2.05, 4.69) is 95.6 Å². The van der Waals surface area contributed by atoms with Crippen LogP contribution in [-0.2, 0) is 0 Å². The predicted molar refractivity (Wildman–Crippen MR) is 172 cm³/mol. The molecule has 0 spiro atoms. The van der Waals surface area contributed by atoms with E-state index in [0.717, 1.165) is 77.0 Å². The number of furan rings is 1. The summed E-state index contributed by atoms with van der Waals surface area (Å²) in [6.07, 6.45) is 0. The highest BCUT2D eigenvalue weighted by atomic mass is 16.3. The molecule has 196 valence electrons. The summed E-state index contributed by atoms with van der Waals surface area (Å²) in [7, 11) is 0. The van der Waals surface area contributed by atoms with Crippen LogP contribution >= 0.6 is 0 Å². The molecule has 9 rings (SSSR count). The summed E-state index contributed by atoms with van der Waals surface area (Å²) < 4.78 is 8.67. The molecule has 0 saturated heterocycles. The number of nitrogens with zero attached hydrogens (tertiary/aromatic N) is 3. The lowest BCUT2D eigenvalue weighted by atomic mass is 10.0. The molecule has 4 heteroatoms. The number of hydrogen-bond acceptors (Lipinski definition) is 3. The summed E-state index contributed by atoms with van der Waals surface area (Å²) in [6.45, 7) is 0. The molecule has 0 aliphatic rings. The van der Waals surface area contributed by atoms with Gasteiger partial charge in [-0.1, -0.05) is 109 Å². The third-order valence-corrected chi connectivity index (χ3v) is 8.22.